The number of fused-ring (bicyclic) bond motifs is 1. The van der Waals surface area contributed by atoms with E-state index in [0.29, 0.717) is 0 Å². The van der Waals surface area contributed by atoms with Crippen LogP contribution >= 0.6 is 0 Å². The molecule has 24 heavy (non-hydrogen) atoms. The predicted octanol–water partition coefficient (Wildman–Crippen LogP) is 7.11. The standard InChI is InChI=1S/C22H36N2/c1-3-4-5-6-7-8-9-10-11-12-13-14-18-21-23-20-17-15-16-19(2)22(20)24-21/h15-17H,3-14,18H2,1-2H3,(H,23,24). The summed E-state index contributed by atoms with van der Waals surface area (Å²) in [6, 6.07) is 6.36. The zero-order chi connectivity index (χ0) is 17.0. The normalized spacial score (nSPS) is 11.4. The molecule has 2 rings (SSSR count). The first kappa shape index (κ1) is 19.0. The summed E-state index contributed by atoms with van der Waals surface area (Å²) in [5.41, 5.74) is 3.60. The summed E-state index contributed by atoms with van der Waals surface area (Å²) in [5.74, 6) is 1.16. The summed E-state index contributed by atoms with van der Waals surface area (Å²) >= 11 is 0. The molecule has 0 aliphatic rings. The number of nitrogens with one attached hydrogen (secondary N) is 1. The van der Waals surface area contributed by atoms with Crippen LogP contribution in [0.15, 0.2) is 18.2 Å². The fourth-order valence-corrected chi connectivity index (χ4v) is 3.48. The number of rotatable bonds is 13. The smallest absolute Gasteiger partial charge is 0.107 e. The fourth-order valence-electron chi connectivity index (χ4n) is 3.48. The maximum absolute atomic E-state index is 4.75. The van der Waals surface area contributed by atoms with Gasteiger partial charge in [-0.1, -0.05) is 89.7 Å². The highest BCUT2D eigenvalue weighted by atomic mass is 14.9. The van der Waals surface area contributed by atoms with Gasteiger partial charge in [0.15, 0.2) is 0 Å². The van der Waals surface area contributed by atoms with Gasteiger partial charge >= 0.3 is 0 Å². The number of H-pyrrole nitrogens is 1. The van der Waals surface area contributed by atoms with E-state index in [1.165, 1.54) is 88.1 Å². The molecule has 1 N–H and O–H groups in total. The van der Waals surface area contributed by atoms with Gasteiger partial charge < -0.3 is 4.98 Å². The van der Waals surface area contributed by atoms with Crippen LogP contribution in [0.25, 0.3) is 11.0 Å². The van der Waals surface area contributed by atoms with Crippen molar-refractivity contribution < 1.29 is 0 Å². The molecule has 0 amide bonds. The lowest BCUT2D eigenvalue weighted by Crippen LogP contribution is -1.89. The van der Waals surface area contributed by atoms with Crippen LogP contribution in [0.5, 0.6) is 0 Å². The van der Waals surface area contributed by atoms with Gasteiger partial charge in [-0.25, -0.2) is 4.98 Å². The number of nitrogens with zero attached hydrogens (tertiary/aromatic N) is 1. The van der Waals surface area contributed by atoms with Crippen LogP contribution in [0, 0.1) is 6.92 Å². The van der Waals surface area contributed by atoms with Crippen molar-refractivity contribution in [3.63, 3.8) is 0 Å². The Hall–Kier alpha value is -1.31. The molecular formula is C22H36N2. The molecule has 0 bridgehead atoms. The predicted molar refractivity (Wildman–Crippen MR) is 106 cm³/mol. The first-order valence-corrected chi connectivity index (χ1v) is 10.3. The number of hydrogen-bond donors (Lipinski definition) is 1. The molecule has 0 atom stereocenters. The number of aryl methyl sites for hydroxylation is 2. The topological polar surface area (TPSA) is 28.7 Å². The van der Waals surface area contributed by atoms with Crippen molar-refractivity contribution in [1.82, 2.24) is 9.97 Å². The monoisotopic (exact) mass is 328 g/mol. The zero-order valence-electron chi connectivity index (χ0n) is 15.9. The lowest BCUT2D eigenvalue weighted by molar-refractivity contribution is 0.543. The van der Waals surface area contributed by atoms with E-state index in [9.17, 15) is 0 Å². The van der Waals surface area contributed by atoms with Crippen LogP contribution in [-0.4, -0.2) is 9.97 Å². The summed E-state index contributed by atoms with van der Waals surface area (Å²) in [6.07, 6.45) is 17.9. The lowest BCUT2D eigenvalue weighted by atomic mass is 10.0. The van der Waals surface area contributed by atoms with Crippen molar-refractivity contribution in [2.24, 2.45) is 0 Å². The first-order valence-electron chi connectivity index (χ1n) is 10.3. The summed E-state index contributed by atoms with van der Waals surface area (Å²) in [7, 11) is 0. The number of imidazole rings is 1. The molecule has 134 valence electrons. The number of para-hydroxylation sites is 1. The molecule has 0 saturated heterocycles. The van der Waals surface area contributed by atoms with Crippen LogP contribution in [0.3, 0.4) is 0 Å². The Morgan fingerprint density at radius 1 is 0.792 bits per heavy atom. The number of hydrogen-bond acceptors (Lipinski definition) is 1. The Morgan fingerprint density at radius 3 is 1.96 bits per heavy atom. The molecule has 0 unspecified atom stereocenters. The quantitative estimate of drug-likeness (QED) is 0.390. The second kappa shape index (κ2) is 11.3. The largest absolute Gasteiger partial charge is 0.342 e. The van der Waals surface area contributed by atoms with Gasteiger partial charge in [0.2, 0.25) is 0 Å². The molecule has 2 aromatic rings. The maximum atomic E-state index is 4.75. The minimum absolute atomic E-state index is 1.09. The van der Waals surface area contributed by atoms with Gasteiger partial charge in [0, 0.05) is 6.42 Å². The molecule has 1 heterocycles. The van der Waals surface area contributed by atoms with Gasteiger partial charge in [0.25, 0.3) is 0 Å². The minimum Gasteiger partial charge on any atom is -0.342 e. The highest BCUT2D eigenvalue weighted by Crippen LogP contribution is 2.17. The Kier molecular flexibility index (Phi) is 8.94. The van der Waals surface area contributed by atoms with Gasteiger partial charge in [0.05, 0.1) is 11.0 Å². The first-order chi connectivity index (χ1) is 11.8. The Labute approximate surface area is 148 Å². The lowest BCUT2D eigenvalue weighted by Gasteiger charge is -2.02. The van der Waals surface area contributed by atoms with Crippen molar-refractivity contribution >= 4 is 11.0 Å². The van der Waals surface area contributed by atoms with Crippen LogP contribution < -0.4 is 0 Å². The molecule has 0 aliphatic carbocycles. The molecule has 1 aromatic heterocycles. The summed E-state index contributed by atoms with van der Waals surface area (Å²) in [4.78, 5) is 8.21. The molecular weight excluding hydrogens is 292 g/mol. The minimum atomic E-state index is 1.09. The second-order valence-corrected chi connectivity index (χ2v) is 7.29. The summed E-state index contributed by atoms with van der Waals surface area (Å²) < 4.78 is 0. The van der Waals surface area contributed by atoms with E-state index < -0.39 is 0 Å². The molecule has 0 radical (unpaired) electrons. The van der Waals surface area contributed by atoms with Crippen LogP contribution in [0.2, 0.25) is 0 Å². The summed E-state index contributed by atoms with van der Waals surface area (Å²) in [6.45, 7) is 4.42. The number of benzene rings is 1. The number of aromatic amines is 1. The molecule has 2 heteroatoms. The van der Waals surface area contributed by atoms with Gasteiger partial charge in [-0.05, 0) is 25.0 Å². The van der Waals surface area contributed by atoms with Crippen molar-refractivity contribution in [2.45, 2.75) is 97.3 Å². The SMILES string of the molecule is CCCCCCCCCCCCCCc1nc2c(C)cccc2[nH]1. The number of unbranched alkanes of at least 4 members (excludes halogenated alkanes) is 11. The van der Waals surface area contributed by atoms with E-state index in [1.807, 2.05) is 0 Å². The van der Waals surface area contributed by atoms with Crippen molar-refractivity contribution in [3.05, 3.63) is 29.6 Å². The highest BCUT2D eigenvalue weighted by Gasteiger charge is 2.04. The van der Waals surface area contributed by atoms with Gasteiger partial charge in [0.1, 0.15) is 5.82 Å². The van der Waals surface area contributed by atoms with E-state index in [1.54, 1.807) is 0 Å². The van der Waals surface area contributed by atoms with Gasteiger partial charge in [-0.3, -0.25) is 0 Å². The van der Waals surface area contributed by atoms with Gasteiger partial charge in [-0.15, -0.1) is 0 Å². The second-order valence-electron chi connectivity index (χ2n) is 7.29. The van der Waals surface area contributed by atoms with E-state index in [-0.39, 0.29) is 0 Å². The Balaban J connectivity index is 1.47. The average Bonchev–Trinajstić information content (AvgIpc) is 3.00. The molecule has 0 saturated carbocycles. The van der Waals surface area contributed by atoms with E-state index in [2.05, 4.69) is 37.0 Å². The van der Waals surface area contributed by atoms with Crippen molar-refractivity contribution in [2.75, 3.05) is 0 Å². The number of aromatic nitrogens is 2. The van der Waals surface area contributed by atoms with Crippen molar-refractivity contribution in [3.8, 4) is 0 Å². The van der Waals surface area contributed by atoms with Gasteiger partial charge in [-0.2, -0.15) is 0 Å². The van der Waals surface area contributed by atoms with Crippen LogP contribution in [0.4, 0.5) is 0 Å². The molecule has 2 nitrogen and oxygen atoms in total. The van der Waals surface area contributed by atoms with Crippen LogP contribution in [0.1, 0.15) is 95.4 Å². The van der Waals surface area contributed by atoms with E-state index >= 15 is 0 Å². The van der Waals surface area contributed by atoms with E-state index in [0.717, 1.165) is 17.8 Å². The molecule has 0 spiro atoms. The zero-order valence-corrected chi connectivity index (χ0v) is 15.9. The Bertz CT molecular complexity index is 570. The van der Waals surface area contributed by atoms with E-state index in [4.69, 9.17) is 4.98 Å². The third-order valence-electron chi connectivity index (χ3n) is 5.03. The fraction of sp³-hybridized carbons (Fsp3) is 0.682. The van der Waals surface area contributed by atoms with Crippen LogP contribution in [-0.2, 0) is 6.42 Å². The van der Waals surface area contributed by atoms with Crippen molar-refractivity contribution in [1.29, 1.82) is 0 Å². The molecule has 0 aliphatic heterocycles. The molecule has 0 fully saturated rings. The maximum Gasteiger partial charge on any atom is 0.107 e. The third-order valence-corrected chi connectivity index (χ3v) is 5.03. The molecule has 1 aromatic carbocycles. The summed E-state index contributed by atoms with van der Waals surface area (Å²) in [5, 5.41) is 0. The highest BCUT2D eigenvalue weighted by molar-refractivity contribution is 5.78. The Morgan fingerprint density at radius 2 is 1.38 bits per heavy atom. The third kappa shape index (κ3) is 6.67. The average molecular weight is 329 g/mol.